The molecule has 18 heavy (non-hydrogen) atoms. The Kier molecular flexibility index (Phi) is 3.87. The molecule has 1 aliphatic rings. The fourth-order valence-corrected chi connectivity index (χ4v) is 3.55. The number of aliphatic hydroxyl groups excluding tert-OH is 1. The van der Waals surface area contributed by atoms with Crippen LogP contribution in [0.2, 0.25) is 0 Å². The van der Waals surface area contributed by atoms with Gasteiger partial charge in [0.2, 0.25) is 0 Å². The summed E-state index contributed by atoms with van der Waals surface area (Å²) in [6.07, 6.45) is -0.779. The number of hydrogen-bond acceptors (Lipinski definition) is 3. The average Bonchev–Trinajstić information content (AvgIpc) is 2.26. The maximum absolute atomic E-state index is 13.9. The zero-order valence-corrected chi connectivity index (χ0v) is 11.9. The predicted octanol–water partition coefficient (Wildman–Crippen LogP) is 3.21. The molecule has 100 valence electrons. The molecular formula is C14H20FNOS. The second-order valence-electron chi connectivity index (χ2n) is 5.38. The summed E-state index contributed by atoms with van der Waals surface area (Å²) in [6, 6.07) is 5.03. The van der Waals surface area contributed by atoms with Crippen LogP contribution in [0.15, 0.2) is 18.2 Å². The largest absolute Gasteiger partial charge is 0.389 e. The Balaban J connectivity index is 2.36. The Morgan fingerprint density at radius 3 is 2.78 bits per heavy atom. The van der Waals surface area contributed by atoms with E-state index in [1.54, 1.807) is 13.0 Å². The van der Waals surface area contributed by atoms with Crippen LogP contribution in [0.3, 0.4) is 0 Å². The number of hydrogen-bond donors (Lipinski definition) is 1. The second-order valence-corrected chi connectivity index (χ2v) is 7.18. The van der Waals surface area contributed by atoms with Crippen molar-refractivity contribution in [2.45, 2.75) is 31.6 Å². The van der Waals surface area contributed by atoms with Crippen LogP contribution in [-0.4, -0.2) is 28.7 Å². The maximum atomic E-state index is 13.9. The molecule has 0 saturated carbocycles. The monoisotopic (exact) mass is 269 g/mol. The van der Waals surface area contributed by atoms with E-state index in [1.165, 1.54) is 6.07 Å². The first kappa shape index (κ1) is 13.7. The zero-order chi connectivity index (χ0) is 13.3. The molecule has 1 aliphatic heterocycles. The van der Waals surface area contributed by atoms with Crippen molar-refractivity contribution in [2.24, 2.45) is 0 Å². The van der Waals surface area contributed by atoms with Crippen LogP contribution in [0, 0.1) is 5.82 Å². The summed E-state index contributed by atoms with van der Waals surface area (Å²) < 4.78 is 14.0. The molecule has 1 N–H and O–H groups in total. The first-order valence-electron chi connectivity index (χ1n) is 6.26. The standard InChI is InChI=1S/C14H20FNOS/c1-10(17)13-11(15)5-4-6-12(13)16-7-8-18-14(2,3)9-16/h4-6,10,17H,7-9H2,1-3H3/t10-/m1/s1. The Hall–Kier alpha value is -0.740. The molecule has 1 heterocycles. The van der Waals surface area contributed by atoms with Gasteiger partial charge in [-0.2, -0.15) is 11.8 Å². The minimum absolute atomic E-state index is 0.167. The summed E-state index contributed by atoms with van der Waals surface area (Å²) in [7, 11) is 0. The van der Waals surface area contributed by atoms with Gasteiger partial charge in [-0.05, 0) is 32.9 Å². The Morgan fingerprint density at radius 1 is 1.44 bits per heavy atom. The first-order chi connectivity index (χ1) is 8.41. The van der Waals surface area contributed by atoms with Crippen molar-refractivity contribution in [3.8, 4) is 0 Å². The van der Waals surface area contributed by atoms with Crippen molar-refractivity contribution in [3.05, 3.63) is 29.6 Å². The number of nitrogens with zero attached hydrogens (tertiary/aromatic N) is 1. The highest BCUT2D eigenvalue weighted by molar-refractivity contribution is 8.00. The van der Waals surface area contributed by atoms with Gasteiger partial charge in [0.1, 0.15) is 5.82 Å². The van der Waals surface area contributed by atoms with Gasteiger partial charge in [0.05, 0.1) is 6.10 Å². The quantitative estimate of drug-likeness (QED) is 0.892. The number of thioether (sulfide) groups is 1. The van der Waals surface area contributed by atoms with E-state index in [1.807, 2.05) is 17.8 Å². The summed E-state index contributed by atoms with van der Waals surface area (Å²) in [6.45, 7) is 7.79. The number of halogens is 1. The van der Waals surface area contributed by atoms with E-state index in [4.69, 9.17) is 0 Å². The Bertz CT molecular complexity index is 434. The van der Waals surface area contributed by atoms with Crippen molar-refractivity contribution in [2.75, 3.05) is 23.7 Å². The fraction of sp³-hybridized carbons (Fsp3) is 0.571. The van der Waals surface area contributed by atoms with Crippen LogP contribution in [0.4, 0.5) is 10.1 Å². The van der Waals surface area contributed by atoms with Crippen LogP contribution in [0.25, 0.3) is 0 Å². The molecule has 2 rings (SSSR count). The minimum atomic E-state index is -0.779. The lowest BCUT2D eigenvalue weighted by atomic mass is 10.0. The number of aliphatic hydroxyl groups is 1. The highest BCUT2D eigenvalue weighted by Crippen LogP contribution is 2.35. The number of anilines is 1. The van der Waals surface area contributed by atoms with Gasteiger partial charge in [-0.3, -0.25) is 0 Å². The highest BCUT2D eigenvalue weighted by Gasteiger charge is 2.29. The molecule has 2 nitrogen and oxygen atoms in total. The van der Waals surface area contributed by atoms with Gasteiger partial charge in [0.25, 0.3) is 0 Å². The van der Waals surface area contributed by atoms with Crippen molar-refractivity contribution in [1.29, 1.82) is 0 Å². The topological polar surface area (TPSA) is 23.5 Å². The van der Waals surface area contributed by atoms with E-state index >= 15 is 0 Å². The van der Waals surface area contributed by atoms with E-state index in [2.05, 4.69) is 18.7 Å². The summed E-state index contributed by atoms with van der Waals surface area (Å²) in [5, 5.41) is 9.77. The lowest BCUT2D eigenvalue weighted by Crippen LogP contribution is -2.43. The van der Waals surface area contributed by atoms with Crippen molar-refractivity contribution in [1.82, 2.24) is 0 Å². The molecule has 0 amide bonds. The molecule has 1 fully saturated rings. The average molecular weight is 269 g/mol. The van der Waals surface area contributed by atoms with Crippen molar-refractivity contribution < 1.29 is 9.50 Å². The number of rotatable bonds is 2. The van der Waals surface area contributed by atoms with Gasteiger partial charge < -0.3 is 10.0 Å². The first-order valence-corrected chi connectivity index (χ1v) is 7.25. The second kappa shape index (κ2) is 5.10. The third-order valence-corrected chi connectivity index (χ3v) is 4.51. The molecule has 1 aromatic rings. The summed E-state index contributed by atoms with van der Waals surface area (Å²) in [4.78, 5) is 2.18. The van der Waals surface area contributed by atoms with Crippen LogP contribution in [-0.2, 0) is 0 Å². The molecule has 1 atom stereocenters. The van der Waals surface area contributed by atoms with E-state index in [0.717, 1.165) is 24.5 Å². The Labute approximate surface area is 112 Å². The molecule has 0 spiro atoms. The molecule has 1 aromatic carbocycles. The summed E-state index contributed by atoms with van der Waals surface area (Å²) in [5.41, 5.74) is 1.25. The van der Waals surface area contributed by atoms with E-state index in [-0.39, 0.29) is 10.6 Å². The molecule has 0 aromatic heterocycles. The highest BCUT2D eigenvalue weighted by atomic mass is 32.2. The van der Waals surface area contributed by atoms with Crippen molar-refractivity contribution >= 4 is 17.4 Å². The van der Waals surface area contributed by atoms with Crippen molar-refractivity contribution in [3.63, 3.8) is 0 Å². The van der Waals surface area contributed by atoms with E-state index < -0.39 is 6.10 Å². The van der Waals surface area contributed by atoms with Gasteiger partial charge >= 0.3 is 0 Å². The third-order valence-electron chi connectivity index (χ3n) is 3.21. The van der Waals surface area contributed by atoms with Gasteiger partial charge in [0, 0.05) is 34.8 Å². The molecular weight excluding hydrogens is 249 g/mol. The SMILES string of the molecule is C[C@@H](O)c1c(F)cccc1N1CCSC(C)(C)C1. The molecule has 1 saturated heterocycles. The Morgan fingerprint density at radius 2 is 2.17 bits per heavy atom. The lowest BCUT2D eigenvalue weighted by Gasteiger charge is -2.40. The van der Waals surface area contributed by atoms with Gasteiger partial charge in [0.15, 0.2) is 0 Å². The molecule has 0 radical (unpaired) electrons. The normalized spacial score (nSPS) is 20.8. The summed E-state index contributed by atoms with van der Waals surface area (Å²) in [5.74, 6) is 0.710. The zero-order valence-electron chi connectivity index (χ0n) is 11.1. The van der Waals surface area contributed by atoms with E-state index in [9.17, 15) is 9.50 Å². The van der Waals surface area contributed by atoms with Crippen LogP contribution in [0.5, 0.6) is 0 Å². The minimum Gasteiger partial charge on any atom is -0.389 e. The molecule has 4 heteroatoms. The third kappa shape index (κ3) is 2.81. The van der Waals surface area contributed by atoms with Gasteiger partial charge in [-0.1, -0.05) is 6.07 Å². The molecule has 0 unspecified atom stereocenters. The fourth-order valence-electron chi connectivity index (χ4n) is 2.44. The van der Waals surface area contributed by atoms with Gasteiger partial charge in [-0.15, -0.1) is 0 Å². The summed E-state index contributed by atoms with van der Waals surface area (Å²) >= 11 is 1.94. The van der Waals surface area contributed by atoms with Crippen LogP contribution >= 0.6 is 11.8 Å². The maximum Gasteiger partial charge on any atom is 0.131 e. The number of benzene rings is 1. The predicted molar refractivity (Wildman–Crippen MR) is 75.8 cm³/mol. The smallest absolute Gasteiger partial charge is 0.131 e. The lowest BCUT2D eigenvalue weighted by molar-refractivity contribution is 0.194. The van der Waals surface area contributed by atoms with Gasteiger partial charge in [-0.25, -0.2) is 4.39 Å². The van der Waals surface area contributed by atoms with Crippen LogP contribution in [0.1, 0.15) is 32.4 Å². The molecule has 0 aliphatic carbocycles. The van der Waals surface area contributed by atoms with Crippen LogP contribution < -0.4 is 4.90 Å². The van der Waals surface area contributed by atoms with E-state index in [0.29, 0.717) is 5.56 Å². The molecule has 0 bridgehead atoms.